The lowest BCUT2D eigenvalue weighted by Crippen LogP contribution is -2.38. The lowest BCUT2D eigenvalue weighted by atomic mass is 9.96. The summed E-state index contributed by atoms with van der Waals surface area (Å²) in [4.78, 5) is 19.6. The van der Waals surface area contributed by atoms with Gasteiger partial charge < -0.3 is 14.2 Å². The molecular weight excluding hydrogens is 374 g/mol. The maximum Gasteiger partial charge on any atom is 0.259 e. The first-order valence-corrected chi connectivity index (χ1v) is 10.3. The number of ether oxygens (including phenoxy) is 1. The molecule has 0 bridgehead atoms. The largest absolute Gasteiger partial charge is 0.496 e. The molecule has 1 fully saturated rings. The van der Waals surface area contributed by atoms with Gasteiger partial charge in [-0.3, -0.25) is 4.79 Å². The summed E-state index contributed by atoms with van der Waals surface area (Å²) in [7, 11) is 1.68. The normalized spacial score (nSPS) is 15.0. The van der Waals surface area contributed by atoms with Crippen LogP contribution in [0.5, 0.6) is 5.75 Å². The van der Waals surface area contributed by atoms with Crippen molar-refractivity contribution in [2.24, 2.45) is 0 Å². The standard InChI is InChI=1S/C21H23N3O3S/c1-13-19(14(2)27-23-13)21(25)24-10-8-15(9-11-24)20-22-17(12-28-20)16-6-4-5-7-18(16)26-3/h4-7,12,15H,8-11H2,1-3H3. The van der Waals surface area contributed by atoms with E-state index in [9.17, 15) is 4.79 Å². The summed E-state index contributed by atoms with van der Waals surface area (Å²) < 4.78 is 10.6. The Morgan fingerprint density at radius 3 is 2.68 bits per heavy atom. The van der Waals surface area contributed by atoms with Gasteiger partial charge in [-0.1, -0.05) is 17.3 Å². The van der Waals surface area contributed by atoms with Crippen LogP contribution in [0.4, 0.5) is 0 Å². The van der Waals surface area contributed by atoms with Crippen molar-refractivity contribution in [2.75, 3.05) is 20.2 Å². The van der Waals surface area contributed by atoms with Crippen LogP contribution in [0.1, 0.15) is 45.6 Å². The molecule has 0 atom stereocenters. The van der Waals surface area contributed by atoms with Gasteiger partial charge in [0.25, 0.3) is 5.91 Å². The molecule has 146 valence electrons. The van der Waals surface area contributed by atoms with Crippen LogP contribution in [0.2, 0.25) is 0 Å². The molecule has 0 aliphatic carbocycles. The smallest absolute Gasteiger partial charge is 0.259 e. The van der Waals surface area contributed by atoms with E-state index in [0.29, 0.717) is 22.9 Å². The van der Waals surface area contributed by atoms with Gasteiger partial charge in [-0.25, -0.2) is 4.98 Å². The molecule has 0 saturated carbocycles. The number of para-hydroxylation sites is 1. The van der Waals surface area contributed by atoms with Crippen LogP contribution in [-0.4, -0.2) is 41.1 Å². The Labute approximate surface area is 168 Å². The van der Waals surface area contributed by atoms with E-state index in [1.165, 1.54) is 0 Å². The number of hydrogen-bond acceptors (Lipinski definition) is 6. The zero-order chi connectivity index (χ0) is 19.7. The fourth-order valence-electron chi connectivity index (χ4n) is 3.73. The van der Waals surface area contributed by atoms with E-state index < -0.39 is 0 Å². The topological polar surface area (TPSA) is 68.5 Å². The number of nitrogens with zero attached hydrogens (tertiary/aromatic N) is 3. The average Bonchev–Trinajstić information content (AvgIpc) is 3.34. The molecule has 0 N–H and O–H groups in total. The third-order valence-electron chi connectivity index (χ3n) is 5.28. The quantitative estimate of drug-likeness (QED) is 0.651. The third-order valence-corrected chi connectivity index (χ3v) is 6.29. The Morgan fingerprint density at radius 2 is 2.00 bits per heavy atom. The van der Waals surface area contributed by atoms with Crippen LogP contribution in [0.25, 0.3) is 11.3 Å². The number of thiazole rings is 1. The van der Waals surface area contributed by atoms with Crippen molar-refractivity contribution in [3.63, 3.8) is 0 Å². The molecule has 7 heteroatoms. The van der Waals surface area contributed by atoms with E-state index in [0.717, 1.165) is 47.9 Å². The summed E-state index contributed by atoms with van der Waals surface area (Å²) in [5, 5.41) is 7.12. The number of aryl methyl sites for hydroxylation is 2. The fourth-order valence-corrected chi connectivity index (χ4v) is 4.72. The highest BCUT2D eigenvalue weighted by Gasteiger charge is 2.29. The van der Waals surface area contributed by atoms with Gasteiger partial charge in [-0.15, -0.1) is 11.3 Å². The minimum absolute atomic E-state index is 0.0172. The molecule has 0 unspecified atom stereocenters. The van der Waals surface area contributed by atoms with Crippen molar-refractivity contribution in [2.45, 2.75) is 32.6 Å². The van der Waals surface area contributed by atoms with E-state index in [1.807, 2.05) is 36.1 Å². The van der Waals surface area contributed by atoms with Gasteiger partial charge in [0.2, 0.25) is 0 Å². The van der Waals surface area contributed by atoms with Crippen LogP contribution in [0, 0.1) is 13.8 Å². The second-order valence-electron chi connectivity index (χ2n) is 7.04. The van der Waals surface area contributed by atoms with Gasteiger partial charge in [0, 0.05) is 30.0 Å². The molecule has 1 aromatic carbocycles. The Morgan fingerprint density at radius 1 is 1.25 bits per heavy atom. The predicted molar refractivity (Wildman–Crippen MR) is 108 cm³/mol. The molecule has 2 aromatic heterocycles. The van der Waals surface area contributed by atoms with Gasteiger partial charge in [-0.05, 0) is 38.8 Å². The first kappa shape index (κ1) is 18.7. The molecule has 4 rings (SSSR count). The Balaban J connectivity index is 1.45. The van der Waals surface area contributed by atoms with Crippen molar-refractivity contribution in [1.82, 2.24) is 15.0 Å². The first-order chi connectivity index (χ1) is 13.6. The summed E-state index contributed by atoms with van der Waals surface area (Å²) in [6.45, 7) is 5.04. The highest BCUT2D eigenvalue weighted by atomic mass is 32.1. The highest BCUT2D eigenvalue weighted by Crippen LogP contribution is 2.36. The zero-order valence-electron chi connectivity index (χ0n) is 16.3. The van der Waals surface area contributed by atoms with Crippen LogP contribution >= 0.6 is 11.3 Å². The van der Waals surface area contributed by atoms with E-state index in [-0.39, 0.29) is 5.91 Å². The zero-order valence-corrected chi connectivity index (χ0v) is 17.1. The maximum atomic E-state index is 12.8. The lowest BCUT2D eigenvalue weighted by molar-refractivity contribution is 0.0710. The third kappa shape index (κ3) is 3.42. The SMILES string of the molecule is COc1ccccc1-c1csc(C2CCN(C(=O)c3c(C)noc3C)CC2)n1. The summed E-state index contributed by atoms with van der Waals surface area (Å²) in [5.41, 5.74) is 3.22. The van der Waals surface area contributed by atoms with Crippen LogP contribution in [0.3, 0.4) is 0 Å². The van der Waals surface area contributed by atoms with Crippen LogP contribution in [0.15, 0.2) is 34.2 Å². The predicted octanol–water partition coefficient (Wildman–Crippen LogP) is 4.44. The van der Waals surface area contributed by atoms with Gasteiger partial charge in [-0.2, -0.15) is 0 Å². The van der Waals surface area contributed by atoms with Gasteiger partial charge >= 0.3 is 0 Å². The number of benzene rings is 1. The van der Waals surface area contributed by atoms with Crippen LogP contribution < -0.4 is 4.74 Å². The molecule has 1 aliphatic heterocycles. The number of carbonyl (C=O) groups excluding carboxylic acids is 1. The molecule has 1 saturated heterocycles. The van der Waals surface area contributed by atoms with Gasteiger partial charge in [0.05, 0.1) is 23.5 Å². The molecule has 6 nitrogen and oxygen atoms in total. The number of hydrogen-bond donors (Lipinski definition) is 0. The molecule has 0 radical (unpaired) electrons. The van der Waals surface area contributed by atoms with Crippen molar-refractivity contribution >= 4 is 17.2 Å². The van der Waals surface area contributed by atoms with Crippen molar-refractivity contribution in [3.8, 4) is 17.0 Å². The number of rotatable bonds is 4. The highest BCUT2D eigenvalue weighted by molar-refractivity contribution is 7.10. The summed E-state index contributed by atoms with van der Waals surface area (Å²) in [5.74, 6) is 1.82. The number of aromatic nitrogens is 2. The summed E-state index contributed by atoms with van der Waals surface area (Å²) >= 11 is 1.69. The number of amides is 1. The molecule has 28 heavy (non-hydrogen) atoms. The fraction of sp³-hybridized carbons (Fsp3) is 0.381. The van der Waals surface area contributed by atoms with E-state index >= 15 is 0 Å². The summed E-state index contributed by atoms with van der Waals surface area (Å²) in [6.07, 6.45) is 1.82. The first-order valence-electron chi connectivity index (χ1n) is 9.39. The summed E-state index contributed by atoms with van der Waals surface area (Å²) in [6, 6.07) is 7.94. The van der Waals surface area contributed by atoms with Crippen molar-refractivity contribution < 1.29 is 14.1 Å². The molecular formula is C21H23N3O3S. The monoisotopic (exact) mass is 397 g/mol. The number of likely N-dealkylation sites (tertiary alicyclic amines) is 1. The molecule has 3 aromatic rings. The van der Waals surface area contributed by atoms with Crippen molar-refractivity contribution in [3.05, 3.63) is 51.7 Å². The van der Waals surface area contributed by atoms with E-state index in [4.69, 9.17) is 14.2 Å². The minimum Gasteiger partial charge on any atom is -0.496 e. The molecule has 0 spiro atoms. The molecule has 3 heterocycles. The van der Waals surface area contributed by atoms with E-state index in [1.54, 1.807) is 25.4 Å². The van der Waals surface area contributed by atoms with E-state index in [2.05, 4.69) is 10.5 Å². The number of carbonyl (C=O) groups is 1. The second-order valence-corrected chi connectivity index (χ2v) is 7.93. The number of methoxy groups -OCH3 is 1. The Bertz CT molecular complexity index is 967. The lowest BCUT2D eigenvalue weighted by Gasteiger charge is -2.31. The maximum absolute atomic E-state index is 12.8. The number of piperidine rings is 1. The molecule has 1 aliphatic rings. The minimum atomic E-state index is 0.0172. The van der Waals surface area contributed by atoms with Crippen LogP contribution in [-0.2, 0) is 0 Å². The second kappa shape index (κ2) is 7.75. The molecule has 1 amide bonds. The van der Waals surface area contributed by atoms with Gasteiger partial charge in [0.1, 0.15) is 17.1 Å². The average molecular weight is 398 g/mol. The van der Waals surface area contributed by atoms with Crippen molar-refractivity contribution in [1.29, 1.82) is 0 Å². The Kier molecular flexibility index (Phi) is 5.17. The van der Waals surface area contributed by atoms with Gasteiger partial charge in [0.15, 0.2) is 0 Å². The Hall–Kier alpha value is -2.67.